The van der Waals surface area contributed by atoms with Crippen molar-refractivity contribution in [3.8, 4) is 0 Å². The molecule has 20 heavy (non-hydrogen) atoms. The Bertz CT molecular complexity index is 631. The van der Waals surface area contributed by atoms with Crippen molar-refractivity contribution in [1.82, 2.24) is 5.32 Å². The number of hydrogen-bond acceptors (Lipinski definition) is 2. The molecule has 1 atom stereocenters. The number of aryl methyl sites for hydroxylation is 2. The fourth-order valence-electron chi connectivity index (χ4n) is 2.12. The summed E-state index contributed by atoms with van der Waals surface area (Å²) in [6, 6.07) is 7.69. The Morgan fingerprint density at radius 2 is 1.75 bits per heavy atom. The van der Waals surface area contributed by atoms with Crippen LogP contribution in [0.3, 0.4) is 0 Å². The van der Waals surface area contributed by atoms with Gasteiger partial charge in [-0.2, -0.15) is 0 Å². The Morgan fingerprint density at radius 3 is 2.25 bits per heavy atom. The van der Waals surface area contributed by atoms with Gasteiger partial charge in [-0.3, -0.25) is 4.79 Å². The first-order chi connectivity index (χ1) is 9.36. The van der Waals surface area contributed by atoms with Gasteiger partial charge in [0.25, 0.3) is 5.91 Å². The molecule has 2 nitrogen and oxygen atoms in total. The Morgan fingerprint density at radius 1 is 1.15 bits per heavy atom. The molecule has 1 heterocycles. The first-order valence-corrected chi connectivity index (χ1v) is 8.61. The van der Waals surface area contributed by atoms with E-state index in [1.165, 1.54) is 15.3 Å². The lowest BCUT2D eigenvalue weighted by atomic mass is 10.1. The summed E-state index contributed by atoms with van der Waals surface area (Å²) in [4.78, 5) is 14.8. The van der Waals surface area contributed by atoms with Gasteiger partial charge in [0, 0.05) is 24.3 Å². The highest BCUT2D eigenvalue weighted by Gasteiger charge is 2.15. The van der Waals surface area contributed by atoms with Crippen molar-refractivity contribution in [2.75, 3.05) is 0 Å². The number of hydrogen-bond donors (Lipinski definition) is 1. The molecule has 2 aromatic rings. The van der Waals surface area contributed by atoms with Crippen molar-refractivity contribution in [3.05, 3.63) is 54.1 Å². The lowest BCUT2D eigenvalue weighted by Crippen LogP contribution is -2.26. The summed E-state index contributed by atoms with van der Waals surface area (Å²) in [5.41, 5.74) is 1.83. The van der Waals surface area contributed by atoms with E-state index in [-0.39, 0.29) is 11.9 Å². The molecule has 5 heteroatoms. The summed E-state index contributed by atoms with van der Waals surface area (Å²) in [6.45, 7) is 6.19. The zero-order valence-corrected chi connectivity index (χ0v) is 15.4. The Balaban J connectivity index is 2.17. The molecule has 0 saturated carbocycles. The van der Waals surface area contributed by atoms with Crippen LogP contribution in [0.5, 0.6) is 0 Å². The maximum atomic E-state index is 12.3. The first-order valence-electron chi connectivity index (χ1n) is 6.20. The third-order valence-electron chi connectivity index (χ3n) is 3.02. The van der Waals surface area contributed by atoms with Crippen LogP contribution in [0, 0.1) is 13.8 Å². The van der Waals surface area contributed by atoms with Crippen LogP contribution in [0.1, 0.15) is 38.6 Å². The first kappa shape index (κ1) is 15.7. The van der Waals surface area contributed by atoms with Crippen molar-refractivity contribution in [3.63, 3.8) is 0 Å². The number of halogens is 2. The second kappa shape index (κ2) is 6.41. The van der Waals surface area contributed by atoms with E-state index in [1.54, 1.807) is 11.3 Å². The number of carbonyl (C=O) groups is 1. The van der Waals surface area contributed by atoms with Gasteiger partial charge in [0.15, 0.2) is 0 Å². The summed E-state index contributed by atoms with van der Waals surface area (Å²) in [7, 11) is 0. The molecular weight excluding hydrogens is 402 g/mol. The maximum absolute atomic E-state index is 12.3. The van der Waals surface area contributed by atoms with E-state index in [1.807, 2.05) is 25.1 Å². The van der Waals surface area contributed by atoms with Crippen LogP contribution in [0.25, 0.3) is 0 Å². The van der Waals surface area contributed by atoms with Gasteiger partial charge in [-0.15, -0.1) is 11.3 Å². The van der Waals surface area contributed by atoms with Crippen molar-refractivity contribution >= 4 is 49.1 Å². The standard InChI is InChI=1S/C15H15Br2NOS/c1-8-4-14(10(3)20-8)9(2)18-15(19)11-5-12(16)7-13(17)6-11/h4-7,9H,1-3H3,(H,18,19). The second-order valence-electron chi connectivity index (χ2n) is 4.72. The van der Waals surface area contributed by atoms with Crippen molar-refractivity contribution in [2.45, 2.75) is 26.8 Å². The predicted octanol–water partition coefficient (Wildman–Crippen LogP) is 5.38. The third-order valence-corrected chi connectivity index (χ3v) is 4.92. The third kappa shape index (κ3) is 3.71. The van der Waals surface area contributed by atoms with E-state index < -0.39 is 0 Å². The average Bonchev–Trinajstić information content (AvgIpc) is 2.67. The second-order valence-corrected chi connectivity index (χ2v) is 8.01. The molecule has 1 amide bonds. The highest BCUT2D eigenvalue weighted by atomic mass is 79.9. The minimum Gasteiger partial charge on any atom is -0.345 e. The van der Waals surface area contributed by atoms with Crippen LogP contribution in [0.15, 0.2) is 33.2 Å². The molecule has 106 valence electrons. The van der Waals surface area contributed by atoms with Crippen LogP contribution < -0.4 is 5.32 Å². The number of rotatable bonds is 3. The van der Waals surface area contributed by atoms with Crippen LogP contribution in [0.2, 0.25) is 0 Å². The highest BCUT2D eigenvalue weighted by Crippen LogP contribution is 2.27. The molecule has 0 radical (unpaired) electrons. The molecule has 0 aliphatic heterocycles. The quantitative estimate of drug-likeness (QED) is 0.714. The summed E-state index contributed by atoms with van der Waals surface area (Å²) >= 11 is 8.56. The zero-order chi connectivity index (χ0) is 14.9. The molecule has 0 aliphatic carbocycles. The smallest absolute Gasteiger partial charge is 0.251 e. The fourth-order valence-corrected chi connectivity index (χ4v) is 4.44. The van der Waals surface area contributed by atoms with Crippen molar-refractivity contribution in [2.24, 2.45) is 0 Å². The SMILES string of the molecule is Cc1cc(C(C)NC(=O)c2cc(Br)cc(Br)c2)c(C)s1. The number of thiophene rings is 1. The maximum Gasteiger partial charge on any atom is 0.251 e. The zero-order valence-electron chi connectivity index (χ0n) is 11.5. The Labute approximate surface area is 139 Å². The van der Waals surface area contributed by atoms with E-state index in [4.69, 9.17) is 0 Å². The molecule has 0 bridgehead atoms. The topological polar surface area (TPSA) is 29.1 Å². The molecule has 2 rings (SSSR count). The van der Waals surface area contributed by atoms with Gasteiger partial charge in [0.05, 0.1) is 6.04 Å². The van der Waals surface area contributed by atoms with E-state index in [0.717, 1.165) is 8.95 Å². The van der Waals surface area contributed by atoms with E-state index in [9.17, 15) is 4.79 Å². The van der Waals surface area contributed by atoms with Gasteiger partial charge in [-0.05, 0) is 50.6 Å². The monoisotopic (exact) mass is 415 g/mol. The van der Waals surface area contributed by atoms with Crippen LogP contribution in [-0.2, 0) is 0 Å². The molecule has 0 aliphatic rings. The summed E-state index contributed by atoms with van der Waals surface area (Å²) < 4.78 is 1.76. The van der Waals surface area contributed by atoms with E-state index in [0.29, 0.717) is 5.56 Å². The minimum absolute atomic E-state index is 0.00482. The van der Waals surface area contributed by atoms with Gasteiger partial charge < -0.3 is 5.32 Å². The molecule has 0 saturated heterocycles. The Kier molecular flexibility index (Phi) is 5.04. The molecule has 1 aromatic heterocycles. The molecule has 1 aromatic carbocycles. The molecule has 0 spiro atoms. The highest BCUT2D eigenvalue weighted by molar-refractivity contribution is 9.11. The van der Waals surface area contributed by atoms with Crippen molar-refractivity contribution in [1.29, 1.82) is 0 Å². The summed E-state index contributed by atoms with van der Waals surface area (Å²) in [5, 5.41) is 3.05. The van der Waals surface area contributed by atoms with Crippen molar-refractivity contribution < 1.29 is 4.79 Å². The number of carbonyl (C=O) groups excluding carboxylic acids is 1. The summed E-state index contributed by atoms with van der Waals surface area (Å²) in [5.74, 6) is -0.0669. The summed E-state index contributed by atoms with van der Waals surface area (Å²) in [6.07, 6.45) is 0. The number of benzene rings is 1. The normalized spacial score (nSPS) is 12.2. The van der Waals surface area contributed by atoms with E-state index in [2.05, 4.69) is 57.1 Å². The van der Waals surface area contributed by atoms with Gasteiger partial charge in [0.1, 0.15) is 0 Å². The fraction of sp³-hybridized carbons (Fsp3) is 0.267. The Hall–Kier alpha value is -0.650. The van der Waals surface area contributed by atoms with Gasteiger partial charge in [0.2, 0.25) is 0 Å². The predicted molar refractivity (Wildman–Crippen MR) is 91.5 cm³/mol. The largest absolute Gasteiger partial charge is 0.345 e. The molecule has 0 fully saturated rings. The number of nitrogens with one attached hydrogen (secondary N) is 1. The lowest BCUT2D eigenvalue weighted by molar-refractivity contribution is 0.0939. The average molecular weight is 417 g/mol. The van der Waals surface area contributed by atoms with E-state index >= 15 is 0 Å². The van der Waals surface area contributed by atoms with Crippen LogP contribution >= 0.6 is 43.2 Å². The van der Waals surface area contributed by atoms with Gasteiger partial charge >= 0.3 is 0 Å². The van der Waals surface area contributed by atoms with Crippen LogP contribution in [-0.4, -0.2) is 5.91 Å². The molecule has 1 unspecified atom stereocenters. The van der Waals surface area contributed by atoms with Gasteiger partial charge in [-0.25, -0.2) is 0 Å². The molecule has 1 N–H and O–H groups in total. The lowest BCUT2D eigenvalue weighted by Gasteiger charge is -2.14. The minimum atomic E-state index is -0.0669. The molecular formula is C15H15Br2NOS. The number of amides is 1. The van der Waals surface area contributed by atoms with Gasteiger partial charge in [-0.1, -0.05) is 31.9 Å². The van der Waals surface area contributed by atoms with Crippen LogP contribution in [0.4, 0.5) is 0 Å².